The molecule has 7 nitrogen and oxygen atoms in total. The van der Waals surface area contributed by atoms with E-state index >= 15 is 0 Å². The minimum Gasteiger partial charge on any atom is -0.444 e. The van der Waals surface area contributed by atoms with Crippen molar-refractivity contribution in [3.63, 3.8) is 0 Å². The summed E-state index contributed by atoms with van der Waals surface area (Å²) in [5.41, 5.74) is 1.17. The average molecular weight is 418 g/mol. The van der Waals surface area contributed by atoms with E-state index in [2.05, 4.69) is 10.6 Å². The summed E-state index contributed by atoms with van der Waals surface area (Å²) in [6.45, 7) is 12.7. The number of carbonyl (C=O) groups excluding carboxylic acids is 3. The van der Waals surface area contributed by atoms with E-state index in [4.69, 9.17) is 4.74 Å². The minimum absolute atomic E-state index is 0.0235. The van der Waals surface area contributed by atoms with Gasteiger partial charge in [0.25, 0.3) is 0 Å². The highest BCUT2D eigenvalue weighted by molar-refractivity contribution is 5.92. The number of hydrogen-bond acceptors (Lipinski definition) is 4. The first-order valence-electron chi connectivity index (χ1n) is 10.6. The number of nitrogens with zero attached hydrogens (tertiary/aromatic N) is 1. The van der Waals surface area contributed by atoms with Crippen LogP contribution in [0.4, 0.5) is 4.79 Å². The molecular formula is C23H35N3O4. The maximum Gasteiger partial charge on any atom is 0.408 e. The topological polar surface area (TPSA) is 87.7 Å². The summed E-state index contributed by atoms with van der Waals surface area (Å²) in [5.74, 6) is -0.522. The molecule has 7 heteroatoms. The molecule has 1 aromatic carbocycles. The first kappa shape index (κ1) is 23.7. The second-order valence-electron chi connectivity index (χ2n) is 9.32. The van der Waals surface area contributed by atoms with Crippen LogP contribution in [0.15, 0.2) is 24.3 Å². The Morgan fingerprint density at radius 2 is 1.60 bits per heavy atom. The van der Waals surface area contributed by atoms with Crippen LogP contribution in [0.3, 0.4) is 0 Å². The van der Waals surface area contributed by atoms with Crippen LogP contribution < -0.4 is 10.6 Å². The maximum absolute atomic E-state index is 13.4. The molecule has 2 unspecified atom stereocenters. The molecule has 1 fully saturated rings. The lowest BCUT2D eigenvalue weighted by molar-refractivity contribution is -0.143. The van der Waals surface area contributed by atoms with Gasteiger partial charge < -0.3 is 20.3 Å². The van der Waals surface area contributed by atoms with Gasteiger partial charge >= 0.3 is 6.09 Å². The minimum atomic E-state index is -0.819. The van der Waals surface area contributed by atoms with Crippen molar-refractivity contribution in [2.45, 2.75) is 91.1 Å². The smallest absolute Gasteiger partial charge is 0.408 e. The molecule has 0 aliphatic heterocycles. The molecule has 2 rings (SSSR count). The molecule has 2 N–H and O–H groups in total. The summed E-state index contributed by atoms with van der Waals surface area (Å²) in [7, 11) is 0. The fraction of sp³-hybridized carbons (Fsp3) is 0.609. The average Bonchev–Trinajstić information content (AvgIpc) is 3.42. The predicted molar refractivity (Wildman–Crippen MR) is 116 cm³/mol. The van der Waals surface area contributed by atoms with E-state index in [1.165, 1.54) is 0 Å². The number of aryl methyl sites for hydroxylation is 1. The van der Waals surface area contributed by atoms with Gasteiger partial charge in [0.1, 0.15) is 17.7 Å². The zero-order chi connectivity index (χ0) is 22.6. The lowest BCUT2D eigenvalue weighted by Crippen LogP contribution is -2.53. The zero-order valence-electron chi connectivity index (χ0n) is 19.1. The maximum atomic E-state index is 13.4. The van der Waals surface area contributed by atoms with Crippen LogP contribution >= 0.6 is 0 Å². The Morgan fingerprint density at radius 3 is 2.07 bits per heavy atom. The number of amides is 3. The Hall–Kier alpha value is -2.57. The molecule has 1 aromatic rings. The highest BCUT2D eigenvalue weighted by Gasteiger charge is 2.43. The molecule has 1 aliphatic carbocycles. The van der Waals surface area contributed by atoms with E-state index in [-0.39, 0.29) is 23.9 Å². The van der Waals surface area contributed by atoms with Gasteiger partial charge in [0, 0.05) is 12.1 Å². The largest absolute Gasteiger partial charge is 0.444 e. The van der Waals surface area contributed by atoms with Crippen LogP contribution in [0, 0.1) is 6.92 Å². The lowest BCUT2D eigenvalue weighted by Gasteiger charge is -2.34. The monoisotopic (exact) mass is 417 g/mol. The number of alkyl carbamates (subject to hydrolysis) is 1. The van der Waals surface area contributed by atoms with E-state index in [1.807, 2.05) is 45.0 Å². The normalized spacial score (nSPS) is 15.9. The SMILES string of the molecule is Cc1ccc(C(C(=O)NC(C)C)N(C(=O)C(C)NC(=O)OC(C)(C)C)C2CC2)cc1. The summed E-state index contributed by atoms with van der Waals surface area (Å²) in [4.78, 5) is 40.3. The van der Waals surface area contributed by atoms with Crippen molar-refractivity contribution in [3.8, 4) is 0 Å². The number of rotatable bonds is 7. The van der Waals surface area contributed by atoms with Gasteiger partial charge in [-0.3, -0.25) is 9.59 Å². The third kappa shape index (κ3) is 6.75. The van der Waals surface area contributed by atoms with Crippen molar-refractivity contribution in [3.05, 3.63) is 35.4 Å². The Morgan fingerprint density at radius 1 is 1.03 bits per heavy atom. The van der Waals surface area contributed by atoms with Crippen LogP contribution in [0.25, 0.3) is 0 Å². The molecular weight excluding hydrogens is 382 g/mol. The molecule has 1 saturated carbocycles. The number of benzene rings is 1. The van der Waals surface area contributed by atoms with Gasteiger partial charge in [0.2, 0.25) is 11.8 Å². The molecule has 2 atom stereocenters. The second kappa shape index (κ2) is 9.49. The van der Waals surface area contributed by atoms with E-state index in [0.29, 0.717) is 0 Å². The standard InChI is InChI=1S/C23H35N3O4/c1-14(2)24-20(27)19(17-10-8-15(3)9-11-17)26(18-12-13-18)21(28)16(4)25-22(29)30-23(5,6)7/h8-11,14,16,18-19H,12-13H2,1-7H3,(H,24,27)(H,25,29). The lowest BCUT2D eigenvalue weighted by atomic mass is 10.0. The molecule has 0 spiro atoms. The molecule has 166 valence electrons. The molecule has 0 bridgehead atoms. The van der Waals surface area contributed by atoms with Crippen molar-refractivity contribution in [2.24, 2.45) is 0 Å². The summed E-state index contributed by atoms with van der Waals surface area (Å²) >= 11 is 0. The fourth-order valence-electron chi connectivity index (χ4n) is 3.19. The first-order chi connectivity index (χ1) is 13.9. The Balaban J connectivity index is 2.30. The summed E-state index contributed by atoms with van der Waals surface area (Å²) in [5, 5.41) is 5.55. The van der Waals surface area contributed by atoms with Gasteiger partial charge in [-0.25, -0.2) is 4.79 Å². The van der Waals surface area contributed by atoms with Gasteiger partial charge in [-0.05, 0) is 66.9 Å². The van der Waals surface area contributed by atoms with Gasteiger partial charge in [-0.15, -0.1) is 0 Å². The van der Waals surface area contributed by atoms with Crippen LogP contribution in [0.1, 0.15) is 71.6 Å². The molecule has 0 aromatic heterocycles. The van der Waals surface area contributed by atoms with Crippen molar-refractivity contribution in [1.82, 2.24) is 15.5 Å². The van der Waals surface area contributed by atoms with Gasteiger partial charge in [0.15, 0.2) is 0 Å². The quantitative estimate of drug-likeness (QED) is 0.711. The predicted octanol–water partition coefficient (Wildman–Crippen LogP) is 3.46. The van der Waals surface area contributed by atoms with E-state index in [0.717, 1.165) is 24.0 Å². The van der Waals surface area contributed by atoms with E-state index < -0.39 is 23.8 Å². The zero-order valence-corrected chi connectivity index (χ0v) is 19.1. The Bertz CT molecular complexity index is 764. The van der Waals surface area contributed by atoms with Crippen LogP contribution in [-0.4, -0.2) is 46.5 Å². The molecule has 1 aliphatic rings. The Labute approximate surface area is 179 Å². The van der Waals surface area contributed by atoms with Gasteiger partial charge in [0.05, 0.1) is 0 Å². The third-order valence-electron chi connectivity index (χ3n) is 4.65. The summed E-state index contributed by atoms with van der Waals surface area (Å²) in [6, 6.07) is 5.98. The summed E-state index contributed by atoms with van der Waals surface area (Å²) < 4.78 is 5.27. The molecule has 0 saturated heterocycles. The molecule has 30 heavy (non-hydrogen) atoms. The summed E-state index contributed by atoms with van der Waals surface area (Å²) in [6.07, 6.45) is 1.02. The number of nitrogens with one attached hydrogen (secondary N) is 2. The third-order valence-corrected chi connectivity index (χ3v) is 4.65. The highest BCUT2D eigenvalue weighted by atomic mass is 16.6. The van der Waals surface area contributed by atoms with Crippen LogP contribution in [-0.2, 0) is 14.3 Å². The van der Waals surface area contributed by atoms with E-state index in [1.54, 1.807) is 32.6 Å². The molecule has 0 radical (unpaired) electrons. The van der Waals surface area contributed by atoms with Crippen molar-refractivity contribution in [1.29, 1.82) is 0 Å². The molecule has 3 amide bonds. The van der Waals surface area contributed by atoms with Crippen LogP contribution in [0.5, 0.6) is 0 Å². The number of ether oxygens (including phenoxy) is 1. The number of carbonyl (C=O) groups is 3. The van der Waals surface area contributed by atoms with Crippen molar-refractivity contribution >= 4 is 17.9 Å². The van der Waals surface area contributed by atoms with Gasteiger partial charge in [-0.2, -0.15) is 0 Å². The van der Waals surface area contributed by atoms with Crippen LogP contribution in [0.2, 0.25) is 0 Å². The second-order valence-corrected chi connectivity index (χ2v) is 9.32. The molecule has 0 heterocycles. The van der Waals surface area contributed by atoms with Crippen molar-refractivity contribution < 1.29 is 19.1 Å². The highest BCUT2D eigenvalue weighted by Crippen LogP contribution is 2.35. The first-order valence-corrected chi connectivity index (χ1v) is 10.6. The van der Waals surface area contributed by atoms with Crippen molar-refractivity contribution in [2.75, 3.05) is 0 Å². The number of hydrogen-bond donors (Lipinski definition) is 2. The van der Waals surface area contributed by atoms with E-state index in [9.17, 15) is 14.4 Å². The van der Waals surface area contributed by atoms with Gasteiger partial charge in [-0.1, -0.05) is 29.8 Å². The Kier molecular flexibility index (Phi) is 7.50. The fourth-order valence-corrected chi connectivity index (χ4v) is 3.19.